The van der Waals surface area contributed by atoms with Crippen molar-refractivity contribution in [2.75, 3.05) is 13.1 Å². The number of hydrogen-bond donors (Lipinski definition) is 8. The maximum Gasteiger partial charge on any atom is 0.322 e. The van der Waals surface area contributed by atoms with Gasteiger partial charge in [0.15, 0.2) is 0 Å². The number of hydrogen-bond acceptors (Lipinski definition) is 8. The zero-order valence-electron chi connectivity index (χ0n) is 24.2. The van der Waals surface area contributed by atoms with Crippen LogP contribution >= 0.6 is 0 Å². The minimum Gasteiger partial charge on any atom is -0.480 e. The highest BCUT2D eigenvalue weighted by Gasteiger charge is 2.28. The third-order valence-electron chi connectivity index (χ3n) is 6.03. The Hall–Kier alpha value is -4.53. The van der Waals surface area contributed by atoms with Crippen molar-refractivity contribution < 1.29 is 38.7 Å². The fourth-order valence-electron chi connectivity index (χ4n) is 3.50. The molecule has 0 bridgehead atoms. The van der Waals surface area contributed by atoms with Gasteiger partial charge in [0.05, 0.1) is 0 Å². The van der Waals surface area contributed by atoms with E-state index < -0.39 is 78.2 Å². The van der Waals surface area contributed by atoms with Crippen LogP contribution in [0.1, 0.15) is 57.3 Å². The van der Waals surface area contributed by atoms with Crippen LogP contribution in [0, 0.1) is 0 Å². The summed E-state index contributed by atoms with van der Waals surface area (Å²) in [5.41, 5.74) is 5.89. The van der Waals surface area contributed by atoms with Gasteiger partial charge in [-0.2, -0.15) is 0 Å². The molecule has 0 radical (unpaired) electrons. The summed E-state index contributed by atoms with van der Waals surface area (Å²) in [5, 5.41) is 23.3. The second-order valence-corrected chi connectivity index (χ2v) is 9.71. The van der Waals surface area contributed by atoms with E-state index in [-0.39, 0.29) is 6.42 Å². The van der Waals surface area contributed by atoms with Crippen molar-refractivity contribution in [3.8, 4) is 0 Å². The molecule has 0 aliphatic carbocycles. The summed E-state index contributed by atoms with van der Waals surface area (Å²) < 4.78 is 0. The van der Waals surface area contributed by atoms with Crippen LogP contribution in [0.2, 0.25) is 0 Å². The van der Waals surface area contributed by atoms with E-state index in [2.05, 4.69) is 31.9 Å². The number of nitrogens with one attached hydrogen (secondary N) is 6. The molecule has 0 unspecified atom stereocenters. The zero-order chi connectivity index (χ0) is 31.8. The topological polar surface area (TPSA) is 238 Å². The standard InChI is InChI=1S/C27H41N7O8/c1-15(22(37)29-14-21(35)36)33-27(42)20(12-8-9-13-28)34-25(40)18(4)31-23(38)16(2)30-24(39)17(3)32-26(41)19-10-6-5-7-11-19/h5-7,10-11,15-18,20H,8-9,12-14,28H2,1-4H3,(H,29,37)(H,30,39)(H,31,38)(H,32,41)(H,33,42)(H,34,40)(H,35,36)/t15-,16-,17-,18-,20-/m0/s1. The molecule has 0 fully saturated rings. The average Bonchev–Trinajstić information content (AvgIpc) is 2.95. The van der Waals surface area contributed by atoms with Crippen molar-refractivity contribution in [2.45, 2.75) is 77.2 Å². The zero-order valence-corrected chi connectivity index (χ0v) is 24.2. The second kappa shape index (κ2) is 18.0. The van der Waals surface area contributed by atoms with Crippen LogP contribution in [0.4, 0.5) is 0 Å². The Kier molecular flexibility index (Phi) is 15.2. The number of carboxylic acid groups (broad SMARTS) is 1. The number of benzene rings is 1. The van der Waals surface area contributed by atoms with E-state index in [1.54, 1.807) is 30.3 Å². The number of rotatable bonds is 17. The first-order valence-electron chi connectivity index (χ1n) is 13.5. The number of carbonyl (C=O) groups is 7. The summed E-state index contributed by atoms with van der Waals surface area (Å²) >= 11 is 0. The molecule has 0 saturated heterocycles. The monoisotopic (exact) mass is 591 g/mol. The Morgan fingerprint density at radius 1 is 0.667 bits per heavy atom. The maximum absolute atomic E-state index is 12.8. The summed E-state index contributed by atoms with van der Waals surface area (Å²) in [6, 6.07) is 3.05. The molecule has 1 rings (SSSR count). The largest absolute Gasteiger partial charge is 0.480 e. The summed E-state index contributed by atoms with van der Waals surface area (Å²) in [4.78, 5) is 85.7. The van der Waals surface area contributed by atoms with E-state index >= 15 is 0 Å². The molecule has 9 N–H and O–H groups in total. The number of amides is 6. The first-order valence-corrected chi connectivity index (χ1v) is 13.5. The fraction of sp³-hybridized carbons (Fsp3) is 0.519. The molecule has 0 saturated carbocycles. The number of nitrogens with two attached hydrogens (primary N) is 1. The molecule has 0 aliphatic heterocycles. The van der Waals surface area contributed by atoms with Gasteiger partial charge in [-0.15, -0.1) is 0 Å². The lowest BCUT2D eigenvalue weighted by Crippen LogP contribution is -2.57. The Morgan fingerprint density at radius 2 is 1.14 bits per heavy atom. The lowest BCUT2D eigenvalue weighted by molar-refractivity contribution is -0.138. The molecule has 1 aromatic rings. The summed E-state index contributed by atoms with van der Waals surface area (Å²) in [6.45, 7) is 5.36. The molecular formula is C27H41N7O8. The lowest BCUT2D eigenvalue weighted by Gasteiger charge is -2.24. The van der Waals surface area contributed by atoms with Crippen LogP contribution < -0.4 is 37.6 Å². The van der Waals surface area contributed by atoms with Crippen molar-refractivity contribution >= 4 is 41.4 Å². The van der Waals surface area contributed by atoms with Gasteiger partial charge in [-0.25, -0.2) is 0 Å². The van der Waals surface area contributed by atoms with E-state index in [1.165, 1.54) is 27.7 Å². The van der Waals surface area contributed by atoms with Gasteiger partial charge in [-0.05, 0) is 65.6 Å². The van der Waals surface area contributed by atoms with E-state index in [0.29, 0.717) is 24.9 Å². The molecule has 0 aliphatic rings. The lowest BCUT2D eigenvalue weighted by atomic mass is 10.1. The first kappa shape index (κ1) is 35.5. The fourth-order valence-corrected chi connectivity index (χ4v) is 3.50. The van der Waals surface area contributed by atoms with Crippen LogP contribution in [0.25, 0.3) is 0 Å². The minimum atomic E-state index is -1.25. The van der Waals surface area contributed by atoms with Crippen molar-refractivity contribution in [3.63, 3.8) is 0 Å². The average molecular weight is 592 g/mol. The van der Waals surface area contributed by atoms with Crippen molar-refractivity contribution in [2.24, 2.45) is 5.73 Å². The predicted octanol–water partition coefficient (Wildman–Crippen LogP) is -1.87. The van der Waals surface area contributed by atoms with E-state index in [4.69, 9.17) is 10.8 Å². The third-order valence-corrected chi connectivity index (χ3v) is 6.03. The molecule has 15 heteroatoms. The van der Waals surface area contributed by atoms with Crippen LogP contribution in [-0.4, -0.2) is 89.8 Å². The summed E-state index contributed by atoms with van der Waals surface area (Å²) in [5.74, 6) is -5.09. The van der Waals surface area contributed by atoms with Gasteiger partial charge in [0.2, 0.25) is 29.5 Å². The maximum atomic E-state index is 12.8. The van der Waals surface area contributed by atoms with E-state index in [0.717, 1.165) is 0 Å². The van der Waals surface area contributed by atoms with Crippen molar-refractivity contribution in [1.29, 1.82) is 0 Å². The first-order chi connectivity index (χ1) is 19.8. The number of carboxylic acids is 1. The van der Waals surface area contributed by atoms with Crippen LogP contribution in [0.3, 0.4) is 0 Å². The molecule has 6 amide bonds. The van der Waals surface area contributed by atoms with Gasteiger partial charge in [0, 0.05) is 5.56 Å². The minimum absolute atomic E-state index is 0.192. The molecule has 5 atom stereocenters. The van der Waals surface area contributed by atoms with Gasteiger partial charge in [0.1, 0.15) is 36.8 Å². The number of aliphatic carboxylic acids is 1. The van der Waals surface area contributed by atoms with Gasteiger partial charge in [-0.1, -0.05) is 18.2 Å². The molecule has 15 nitrogen and oxygen atoms in total. The summed E-state index contributed by atoms with van der Waals surface area (Å²) in [7, 11) is 0. The Morgan fingerprint density at radius 3 is 1.67 bits per heavy atom. The number of carbonyl (C=O) groups excluding carboxylic acids is 6. The van der Waals surface area contributed by atoms with Gasteiger partial charge < -0.3 is 42.7 Å². The quantitative estimate of drug-likeness (QED) is 0.0946. The molecule has 0 aromatic heterocycles. The van der Waals surface area contributed by atoms with Crippen molar-refractivity contribution in [3.05, 3.63) is 35.9 Å². The van der Waals surface area contributed by atoms with Gasteiger partial charge in [-0.3, -0.25) is 33.6 Å². The van der Waals surface area contributed by atoms with Gasteiger partial charge >= 0.3 is 5.97 Å². The van der Waals surface area contributed by atoms with Crippen LogP contribution in [0.5, 0.6) is 0 Å². The normalized spacial score (nSPS) is 14.1. The molecule has 0 spiro atoms. The van der Waals surface area contributed by atoms with Crippen molar-refractivity contribution in [1.82, 2.24) is 31.9 Å². The highest BCUT2D eigenvalue weighted by Crippen LogP contribution is 2.03. The Balaban J connectivity index is 2.69. The van der Waals surface area contributed by atoms with E-state index in [1.807, 2.05) is 0 Å². The summed E-state index contributed by atoms with van der Waals surface area (Å²) in [6.07, 6.45) is 1.25. The van der Waals surface area contributed by atoms with Gasteiger partial charge in [0.25, 0.3) is 5.91 Å². The van der Waals surface area contributed by atoms with E-state index in [9.17, 15) is 33.6 Å². The Labute approximate surface area is 244 Å². The molecule has 232 valence electrons. The molecule has 0 heterocycles. The number of unbranched alkanes of at least 4 members (excludes halogenated alkanes) is 1. The highest BCUT2D eigenvalue weighted by atomic mass is 16.4. The third kappa shape index (κ3) is 12.8. The predicted molar refractivity (Wildman–Crippen MR) is 152 cm³/mol. The van der Waals surface area contributed by atoms with Crippen LogP contribution in [0.15, 0.2) is 30.3 Å². The molecule has 42 heavy (non-hydrogen) atoms. The smallest absolute Gasteiger partial charge is 0.322 e. The second-order valence-electron chi connectivity index (χ2n) is 9.71. The molecular weight excluding hydrogens is 550 g/mol. The highest BCUT2D eigenvalue weighted by molar-refractivity contribution is 5.99. The Bertz CT molecular complexity index is 1110. The van der Waals surface area contributed by atoms with Crippen LogP contribution in [-0.2, 0) is 28.8 Å². The SMILES string of the molecule is C[C@H](NC(=O)c1ccccc1)C(=O)N[C@@H](C)C(=O)N[C@@H](C)C(=O)N[C@@H](CCCCN)C(=O)N[C@@H](C)C(=O)NCC(=O)O. The molecule has 1 aromatic carbocycles.